The summed E-state index contributed by atoms with van der Waals surface area (Å²) in [5.41, 5.74) is 11.6. The van der Waals surface area contributed by atoms with E-state index in [1.807, 2.05) is 36.4 Å². The Hall–Kier alpha value is -6.91. The molecule has 0 aliphatic heterocycles. The summed E-state index contributed by atoms with van der Waals surface area (Å²) in [4.78, 5) is 7.21. The Balaban J connectivity index is 1.18. The zero-order valence-corrected chi connectivity index (χ0v) is 27.6. The first-order valence-electron chi connectivity index (χ1n) is 17.2. The van der Waals surface area contributed by atoms with Crippen molar-refractivity contribution in [1.82, 2.24) is 9.55 Å². The molecule has 0 aliphatic rings. The van der Waals surface area contributed by atoms with Crippen molar-refractivity contribution < 1.29 is 4.42 Å². The molecule has 2 aromatic heterocycles. The van der Waals surface area contributed by atoms with E-state index in [0.29, 0.717) is 5.89 Å². The van der Waals surface area contributed by atoms with Crippen molar-refractivity contribution >= 4 is 60.7 Å². The summed E-state index contributed by atoms with van der Waals surface area (Å²) in [6.45, 7) is 0. The lowest BCUT2D eigenvalue weighted by Gasteiger charge is -2.26. The molecule has 240 valence electrons. The summed E-state index contributed by atoms with van der Waals surface area (Å²) < 4.78 is 8.85. The van der Waals surface area contributed by atoms with Crippen LogP contribution in [0.15, 0.2) is 192 Å². The molecule has 0 atom stereocenters. The van der Waals surface area contributed by atoms with Gasteiger partial charge in [0, 0.05) is 44.5 Å². The molecular weight excluding hydrogens is 623 g/mol. The Kier molecular flexibility index (Phi) is 6.78. The van der Waals surface area contributed by atoms with Crippen molar-refractivity contribution in [3.05, 3.63) is 188 Å². The predicted molar refractivity (Wildman–Crippen MR) is 211 cm³/mol. The van der Waals surface area contributed by atoms with E-state index >= 15 is 0 Å². The quantitative estimate of drug-likeness (QED) is 0.179. The van der Waals surface area contributed by atoms with Crippen LogP contribution in [0.25, 0.3) is 71.9 Å². The van der Waals surface area contributed by atoms with Crippen LogP contribution in [0, 0.1) is 0 Å². The minimum absolute atomic E-state index is 0.622. The maximum Gasteiger partial charge on any atom is 0.227 e. The van der Waals surface area contributed by atoms with Crippen molar-refractivity contribution in [2.45, 2.75) is 0 Å². The second-order valence-electron chi connectivity index (χ2n) is 12.8. The lowest BCUT2D eigenvalue weighted by atomic mass is 10.0. The SMILES string of the molecule is c1ccc(-c2ccc(N(c3ccc4ccc5nc(-c6ccccc6)oc5c4c3)c3ccc4c(c3)c3ccccc3n4-c3ccccc3)cc2)cc1. The third-order valence-corrected chi connectivity index (χ3v) is 9.80. The van der Waals surface area contributed by atoms with Gasteiger partial charge in [0.25, 0.3) is 0 Å². The number of oxazole rings is 1. The lowest BCUT2D eigenvalue weighted by Crippen LogP contribution is -2.10. The molecule has 0 N–H and O–H groups in total. The normalized spacial score (nSPS) is 11.5. The van der Waals surface area contributed by atoms with Gasteiger partial charge in [-0.2, -0.15) is 0 Å². The number of para-hydroxylation sites is 2. The second kappa shape index (κ2) is 11.9. The van der Waals surface area contributed by atoms with Gasteiger partial charge in [-0.1, -0.05) is 109 Å². The maximum atomic E-state index is 6.50. The number of nitrogens with zero attached hydrogens (tertiary/aromatic N) is 3. The highest BCUT2D eigenvalue weighted by Gasteiger charge is 2.19. The topological polar surface area (TPSA) is 34.2 Å². The van der Waals surface area contributed by atoms with Gasteiger partial charge in [0.05, 0.1) is 11.0 Å². The minimum atomic E-state index is 0.622. The van der Waals surface area contributed by atoms with Gasteiger partial charge >= 0.3 is 0 Å². The van der Waals surface area contributed by atoms with Crippen LogP contribution in [0.2, 0.25) is 0 Å². The van der Waals surface area contributed by atoms with E-state index in [1.165, 1.54) is 32.9 Å². The lowest BCUT2D eigenvalue weighted by molar-refractivity contribution is 0.623. The molecule has 0 unspecified atom stereocenters. The smallest absolute Gasteiger partial charge is 0.227 e. The highest BCUT2D eigenvalue weighted by molar-refractivity contribution is 6.11. The van der Waals surface area contributed by atoms with Crippen molar-refractivity contribution in [1.29, 1.82) is 0 Å². The zero-order valence-electron chi connectivity index (χ0n) is 27.6. The monoisotopic (exact) mass is 653 g/mol. The number of fused-ring (bicyclic) bond motifs is 6. The van der Waals surface area contributed by atoms with Crippen molar-refractivity contribution in [2.75, 3.05) is 4.90 Å². The fourth-order valence-corrected chi connectivity index (χ4v) is 7.37. The first-order valence-corrected chi connectivity index (χ1v) is 17.2. The summed E-state index contributed by atoms with van der Waals surface area (Å²) in [7, 11) is 0. The standard InChI is InChI=1S/C47H31N3O/c1-4-12-32(13-5-1)33-20-24-37(25-21-33)49(38-26-22-34-23-28-43-46(41(34)30-38)51-47(48-43)35-14-6-2-7-15-35)39-27-29-45-42(31-39)40-18-10-11-19-44(40)50(45)36-16-8-3-9-17-36/h1-31H. The van der Waals surface area contributed by atoms with Gasteiger partial charge < -0.3 is 13.9 Å². The Morgan fingerprint density at radius 3 is 1.76 bits per heavy atom. The molecule has 0 aliphatic carbocycles. The van der Waals surface area contributed by atoms with Crippen molar-refractivity contribution in [3.63, 3.8) is 0 Å². The highest BCUT2D eigenvalue weighted by atomic mass is 16.3. The van der Waals surface area contributed by atoms with Crippen molar-refractivity contribution in [2.24, 2.45) is 0 Å². The minimum Gasteiger partial charge on any atom is -0.435 e. The number of anilines is 3. The average molecular weight is 654 g/mol. The van der Waals surface area contributed by atoms with E-state index < -0.39 is 0 Å². The Morgan fingerprint density at radius 1 is 0.431 bits per heavy atom. The Bertz CT molecular complexity index is 2840. The van der Waals surface area contributed by atoms with Crippen LogP contribution in [0.1, 0.15) is 0 Å². The number of aromatic nitrogens is 2. The largest absolute Gasteiger partial charge is 0.435 e. The maximum absolute atomic E-state index is 6.50. The van der Waals surface area contributed by atoms with Gasteiger partial charge in [-0.25, -0.2) is 4.98 Å². The Morgan fingerprint density at radius 2 is 1.00 bits per heavy atom. The highest BCUT2D eigenvalue weighted by Crippen LogP contribution is 2.42. The van der Waals surface area contributed by atoms with E-state index in [2.05, 4.69) is 161 Å². The van der Waals surface area contributed by atoms with E-state index in [0.717, 1.165) is 50.2 Å². The van der Waals surface area contributed by atoms with E-state index in [-0.39, 0.29) is 0 Å². The molecule has 8 aromatic carbocycles. The molecule has 0 saturated heterocycles. The molecule has 0 amide bonds. The first-order chi connectivity index (χ1) is 25.3. The van der Waals surface area contributed by atoms with Gasteiger partial charge in [-0.15, -0.1) is 0 Å². The van der Waals surface area contributed by atoms with Gasteiger partial charge in [-0.05, 0) is 95.4 Å². The molecule has 2 heterocycles. The van der Waals surface area contributed by atoms with Crippen LogP contribution in [0.3, 0.4) is 0 Å². The summed E-state index contributed by atoms with van der Waals surface area (Å²) in [5.74, 6) is 0.622. The molecule has 4 heteroatoms. The molecule has 10 aromatic rings. The third kappa shape index (κ3) is 4.96. The van der Waals surface area contributed by atoms with Crippen LogP contribution in [0.5, 0.6) is 0 Å². The number of hydrogen-bond donors (Lipinski definition) is 0. The molecular formula is C47H31N3O. The van der Waals surface area contributed by atoms with Crippen LogP contribution in [-0.2, 0) is 0 Å². The van der Waals surface area contributed by atoms with Gasteiger partial charge in [0.15, 0.2) is 5.58 Å². The molecule has 0 saturated carbocycles. The molecule has 0 radical (unpaired) electrons. The summed E-state index contributed by atoms with van der Waals surface area (Å²) in [5, 5.41) is 4.53. The zero-order chi connectivity index (χ0) is 33.7. The Labute approximate surface area is 295 Å². The summed E-state index contributed by atoms with van der Waals surface area (Å²) in [6.07, 6.45) is 0. The fourth-order valence-electron chi connectivity index (χ4n) is 7.37. The van der Waals surface area contributed by atoms with Crippen LogP contribution < -0.4 is 4.90 Å². The van der Waals surface area contributed by atoms with E-state index in [9.17, 15) is 0 Å². The van der Waals surface area contributed by atoms with Crippen molar-refractivity contribution in [3.8, 4) is 28.3 Å². The van der Waals surface area contributed by atoms with E-state index in [4.69, 9.17) is 9.40 Å². The van der Waals surface area contributed by atoms with Gasteiger partial charge in [0.1, 0.15) is 5.52 Å². The molecule has 51 heavy (non-hydrogen) atoms. The van der Waals surface area contributed by atoms with Gasteiger partial charge in [0.2, 0.25) is 5.89 Å². The average Bonchev–Trinajstić information content (AvgIpc) is 3.79. The number of benzene rings is 8. The molecule has 0 spiro atoms. The summed E-state index contributed by atoms with van der Waals surface area (Å²) in [6, 6.07) is 66.3. The number of rotatable bonds is 6. The second-order valence-corrected chi connectivity index (χ2v) is 12.8. The van der Waals surface area contributed by atoms with Crippen LogP contribution in [0.4, 0.5) is 17.1 Å². The van der Waals surface area contributed by atoms with Crippen LogP contribution >= 0.6 is 0 Å². The van der Waals surface area contributed by atoms with E-state index in [1.54, 1.807) is 0 Å². The molecule has 0 fully saturated rings. The number of hydrogen-bond acceptors (Lipinski definition) is 3. The molecule has 10 rings (SSSR count). The van der Waals surface area contributed by atoms with Crippen LogP contribution in [-0.4, -0.2) is 9.55 Å². The first kappa shape index (κ1) is 29.0. The third-order valence-electron chi connectivity index (χ3n) is 9.80. The molecule has 4 nitrogen and oxygen atoms in total. The van der Waals surface area contributed by atoms with Gasteiger partial charge in [-0.3, -0.25) is 0 Å². The predicted octanol–water partition coefficient (Wildman–Crippen LogP) is 12.9. The summed E-state index contributed by atoms with van der Waals surface area (Å²) >= 11 is 0. The molecule has 0 bridgehead atoms. The fraction of sp³-hybridized carbons (Fsp3) is 0.